The zero-order chi connectivity index (χ0) is 16.4. The van der Waals surface area contributed by atoms with Gasteiger partial charge in [-0.25, -0.2) is 4.79 Å². The van der Waals surface area contributed by atoms with E-state index in [9.17, 15) is 14.7 Å². The Labute approximate surface area is 133 Å². The maximum atomic E-state index is 12.6. The molecule has 1 amide bonds. The molecule has 2 heterocycles. The molecule has 1 aromatic heterocycles. The number of amides is 1. The molecule has 1 aliphatic heterocycles. The Hall–Kier alpha value is -2.47. The summed E-state index contributed by atoms with van der Waals surface area (Å²) in [5.74, 6) is -1.20. The van der Waals surface area contributed by atoms with Gasteiger partial charge in [-0.15, -0.1) is 0 Å². The Balaban J connectivity index is 1.84. The fourth-order valence-electron chi connectivity index (χ4n) is 3.05. The second kappa shape index (κ2) is 6.34. The number of carboxylic acids is 1. The highest BCUT2D eigenvalue weighted by molar-refractivity contribution is 5.90. The number of nitrogens with zero attached hydrogens (tertiary/aromatic N) is 2. The van der Waals surface area contributed by atoms with Crippen LogP contribution in [0.3, 0.4) is 0 Å². The molecule has 0 spiro atoms. The van der Waals surface area contributed by atoms with Gasteiger partial charge in [0.05, 0.1) is 18.0 Å². The minimum absolute atomic E-state index is 0.133. The molecule has 1 fully saturated rings. The third-order valence-corrected chi connectivity index (χ3v) is 4.26. The minimum atomic E-state index is -0.992. The molecule has 0 aliphatic carbocycles. The van der Waals surface area contributed by atoms with Crippen molar-refractivity contribution in [2.24, 2.45) is 0 Å². The van der Waals surface area contributed by atoms with Crippen molar-refractivity contribution in [3.8, 4) is 0 Å². The largest absolute Gasteiger partial charge is 0.480 e. The number of para-hydroxylation sites is 1. The van der Waals surface area contributed by atoms with Crippen LogP contribution in [0.5, 0.6) is 0 Å². The average Bonchev–Trinajstić information content (AvgIpc) is 3.00. The van der Waals surface area contributed by atoms with E-state index in [1.807, 2.05) is 30.3 Å². The molecule has 23 heavy (non-hydrogen) atoms. The van der Waals surface area contributed by atoms with Crippen LogP contribution in [0.25, 0.3) is 10.9 Å². The first-order chi connectivity index (χ1) is 11.1. The number of aliphatic carboxylic acids is 1. The van der Waals surface area contributed by atoms with Crippen molar-refractivity contribution in [2.75, 3.05) is 13.7 Å². The first-order valence-corrected chi connectivity index (χ1v) is 7.48. The number of aromatic nitrogens is 1. The Morgan fingerprint density at radius 1 is 1.35 bits per heavy atom. The summed E-state index contributed by atoms with van der Waals surface area (Å²) in [6, 6.07) is 8.63. The standard InChI is InChI=1S/C17H18N2O4/c1-23-13-9-14(17(21)22)19(10-13)15(20)8-12-5-2-4-11-6-3-7-18-16(11)12/h2-7,13-14H,8-10H2,1H3,(H,21,22). The third kappa shape index (κ3) is 3.03. The van der Waals surface area contributed by atoms with Gasteiger partial charge in [-0.3, -0.25) is 9.78 Å². The van der Waals surface area contributed by atoms with E-state index in [1.165, 1.54) is 12.0 Å². The maximum absolute atomic E-state index is 12.6. The summed E-state index contributed by atoms with van der Waals surface area (Å²) < 4.78 is 5.22. The lowest BCUT2D eigenvalue weighted by Crippen LogP contribution is -2.41. The van der Waals surface area contributed by atoms with Crippen LogP contribution in [0.4, 0.5) is 0 Å². The number of pyridine rings is 1. The molecule has 2 atom stereocenters. The summed E-state index contributed by atoms with van der Waals surface area (Å²) in [4.78, 5) is 29.7. The molecule has 2 unspecified atom stereocenters. The van der Waals surface area contributed by atoms with Crippen LogP contribution < -0.4 is 0 Å². The van der Waals surface area contributed by atoms with Crippen LogP contribution >= 0.6 is 0 Å². The smallest absolute Gasteiger partial charge is 0.326 e. The number of carboxylic acid groups (broad SMARTS) is 1. The Bertz CT molecular complexity index is 741. The van der Waals surface area contributed by atoms with Crippen LogP contribution in [0.2, 0.25) is 0 Å². The Morgan fingerprint density at radius 2 is 2.13 bits per heavy atom. The van der Waals surface area contributed by atoms with E-state index in [-0.39, 0.29) is 18.4 Å². The van der Waals surface area contributed by atoms with Crippen molar-refractivity contribution < 1.29 is 19.4 Å². The van der Waals surface area contributed by atoms with Crippen LogP contribution in [0, 0.1) is 0 Å². The normalized spacial score (nSPS) is 20.8. The number of carbonyl (C=O) groups excluding carboxylic acids is 1. The maximum Gasteiger partial charge on any atom is 0.326 e. The number of benzene rings is 1. The molecule has 1 N–H and O–H groups in total. The second-order valence-electron chi connectivity index (χ2n) is 5.66. The quantitative estimate of drug-likeness (QED) is 0.924. The number of hydrogen-bond acceptors (Lipinski definition) is 4. The molecule has 0 bridgehead atoms. The van der Waals surface area contributed by atoms with E-state index in [1.54, 1.807) is 6.20 Å². The van der Waals surface area contributed by atoms with E-state index in [2.05, 4.69) is 4.98 Å². The number of ether oxygens (including phenoxy) is 1. The van der Waals surface area contributed by atoms with Crippen molar-refractivity contribution in [1.29, 1.82) is 0 Å². The van der Waals surface area contributed by atoms with E-state index in [0.717, 1.165) is 16.5 Å². The van der Waals surface area contributed by atoms with Gasteiger partial charge in [0.15, 0.2) is 0 Å². The molecule has 3 rings (SSSR count). The SMILES string of the molecule is COC1CC(C(=O)O)N(C(=O)Cc2cccc3cccnc23)C1. The predicted octanol–water partition coefficient (Wildman–Crippen LogP) is 1.48. The van der Waals surface area contributed by atoms with Gasteiger partial charge in [0.1, 0.15) is 6.04 Å². The molecule has 120 valence electrons. The third-order valence-electron chi connectivity index (χ3n) is 4.26. The van der Waals surface area contributed by atoms with E-state index < -0.39 is 12.0 Å². The van der Waals surface area contributed by atoms with Gasteiger partial charge < -0.3 is 14.7 Å². The molecule has 1 aromatic carbocycles. The number of fused-ring (bicyclic) bond motifs is 1. The number of rotatable bonds is 4. The number of likely N-dealkylation sites (tertiary alicyclic amines) is 1. The zero-order valence-corrected chi connectivity index (χ0v) is 12.8. The number of methoxy groups -OCH3 is 1. The van der Waals surface area contributed by atoms with Crippen LogP contribution in [0.15, 0.2) is 36.5 Å². The highest BCUT2D eigenvalue weighted by Crippen LogP contribution is 2.23. The number of hydrogen-bond donors (Lipinski definition) is 1. The summed E-state index contributed by atoms with van der Waals surface area (Å²) in [5, 5.41) is 10.3. The molecular weight excluding hydrogens is 296 g/mol. The summed E-state index contributed by atoms with van der Waals surface area (Å²) in [5.41, 5.74) is 1.58. The fraction of sp³-hybridized carbons (Fsp3) is 0.353. The van der Waals surface area contributed by atoms with E-state index in [0.29, 0.717) is 13.0 Å². The summed E-state index contributed by atoms with van der Waals surface area (Å²) in [6.07, 6.45) is 1.92. The van der Waals surface area contributed by atoms with Gasteiger partial charge in [0.25, 0.3) is 0 Å². The minimum Gasteiger partial charge on any atom is -0.480 e. The van der Waals surface area contributed by atoms with Gasteiger partial charge >= 0.3 is 5.97 Å². The highest BCUT2D eigenvalue weighted by Gasteiger charge is 2.39. The molecule has 1 aliphatic rings. The van der Waals surface area contributed by atoms with Gasteiger partial charge in [0.2, 0.25) is 5.91 Å². The van der Waals surface area contributed by atoms with Gasteiger partial charge in [-0.05, 0) is 11.6 Å². The van der Waals surface area contributed by atoms with Crippen molar-refractivity contribution >= 4 is 22.8 Å². The molecule has 0 saturated carbocycles. The first kappa shape index (κ1) is 15.4. The highest BCUT2D eigenvalue weighted by atomic mass is 16.5. The van der Waals surface area contributed by atoms with Gasteiger partial charge in [-0.2, -0.15) is 0 Å². The molecule has 6 nitrogen and oxygen atoms in total. The van der Waals surface area contributed by atoms with Crippen LogP contribution in [-0.2, 0) is 20.7 Å². The zero-order valence-electron chi connectivity index (χ0n) is 12.8. The lowest BCUT2D eigenvalue weighted by Gasteiger charge is -2.21. The van der Waals surface area contributed by atoms with E-state index in [4.69, 9.17) is 4.74 Å². The summed E-state index contributed by atoms with van der Waals surface area (Å²) >= 11 is 0. The predicted molar refractivity (Wildman–Crippen MR) is 84.0 cm³/mol. The Morgan fingerprint density at radius 3 is 2.87 bits per heavy atom. The average molecular weight is 314 g/mol. The van der Waals surface area contributed by atoms with E-state index >= 15 is 0 Å². The van der Waals surface area contributed by atoms with Gasteiger partial charge in [-0.1, -0.05) is 24.3 Å². The molecule has 2 aromatic rings. The number of carbonyl (C=O) groups is 2. The lowest BCUT2D eigenvalue weighted by molar-refractivity contribution is -0.147. The summed E-state index contributed by atoms with van der Waals surface area (Å²) in [7, 11) is 1.53. The fourth-order valence-corrected chi connectivity index (χ4v) is 3.05. The molecule has 6 heteroatoms. The van der Waals surface area contributed by atoms with Crippen LogP contribution in [0.1, 0.15) is 12.0 Å². The summed E-state index contributed by atoms with van der Waals surface area (Å²) in [6.45, 7) is 0.310. The molecular formula is C17H18N2O4. The topological polar surface area (TPSA) is 79.7 Å². The Kier molecular flexibility index (Phi) is 4.25. The lowest BCUT2D eigenvalue weighted by atomic mass is 10.1. The van der Waals surface area contributed by atoms with Gasteiger partial charge in [0, 0.05) is 31.7 Å². The van der Waals surface area contributed by atoms with Crippen molar-refractivity contribution in [1.82, 2.24) is 9.88 Å². The van der Waals surface area contributed by atoms with Crippen LogP contribution in [-0.4, -0.2) is 52.7 Å². The van der Waals surface area contributed by atoms with Crippen molar-refractivity contribution in [3.05, 3.63) is 42.1 Å². The molecule has 1 saturated heterocycles. The van der Waals surface area contributed by atoms with Crippen molar-refractivity contribution in [2.45, 2.75) is 25.0 Å². The van der Waals surface area contributed by atoms with Crippen molar-refractivity contribution in [3.63, 3.8) is 0 Å². The molecule has 0 radical (unpaired) electrons. The second-order valence-corrected chi connectivity index (χ2v) is 5.66. The first-order valence-electron chi connectivity index (χ1n) is 7.48. The monoisotopic (exact) mass is 314 g/mol.